The van der Waals surface area contributed by atoms with E-state index in [2.05, 4.69) is 13.8 Å². The lowest BCUT2D eigenvalue weighted by Gasteiger charge is -2.34. The van der Waals surface area contributed by atoms with E-state index in [4.69, 9.17) is 5.11 Å². The molecule has 4 heteroatoms. The summed E-state index contributed by atoms with van der Waals surface area (Å²) >= 11 is 0. The van der Waals surface area contributed by atoms with Crippen LogP contribution in [0.4, 0.5) is 0 Å². The van der Waals surface area contributed by atoms with Gasteiger partial charge in [-0.3, -0.25) is 9.59 Å². The molecule has 1 unspecified atom stereocenters. The molecule has 1 atom stereocenters. The molecule has 0 bridgehead atoms. The van der Waals surface area contributed by atoms with E-state index in [1.807, 2.05) is 35.2 Å². The largest absolute Gasteiger partial charge is 0.481 e. The van der Waals surface area contributed by atoms with Crippen LogP contribution in [0.15, 0.2) is 30.3 Å². The summed E-state index contributed by atoms with van der Waals surface area (Å²) in [5.41, 5.74) is 1.14. The fourth-order valence-electron chi connectivity index (χ4n) is 3.27. The zero-order chi connectivity index (χ0) is 16.8. The number of carboxylic acid groups (broad SMARTS) is 1. The average molecular weight is 317 g/mol. The first-order valence-corrected chi connectivity index (χ1v) is 8.60. The van der Waals surface area contributed by atoms with E-state index in [0.717, 1.165) is 12.0 Å². The van der Waals surface area contributed by atoms with Gasteiger partial charge in [0.25, 0.3) is 0 Å². The summed E-state index contributed by atoms with van der Waals surface area (Å²) in [5.74, 6) is -0.834. The van der Waals surface area contributed by atoms with E-state index in [0.29, 0.717) is 32.2 Å². The van der Waals surface area contributed by atoms with Crippen LogP contribution in [0, 0.1) is 11.8 Å². The second kappa shape index (κ2) is 8.14. The van der Waals surface area contributed by atoms with Crippen molar-refractivity contribution >= 4 is 11.9 Å². The fraction of sp³-hybridized carbons (Fsp3) is 0.579. The lowest BCUT2D eigenvalue weighted by molar-refractivity contribution is -0.146. The molecule has 1 amide bonds. The van der Waals surface area contributed by atoms with Crippen molar-refractivity contribution in [1.29, 1.82) is 0 Å². The highest BCUT2D eigenvalue weighted by atomic mass is 16.4. The molecule has 126 valence electrons. The number of hydrogen-bond acceptors (Lipinski definition) is 2. The first kappa shape index (κ1) is 17.5. The van der Waals surface area contributed by atoms with E-state index in [1.54, 1.807) is 0 Å². The molecule has 2 rings (SSSR count). The molecule has 0 radical (unpaired) electrons. The third kappa shape index (κ3) is 4.57. The van der Waals surface area contributed by atoms with Crippen molar-refractivity contribution in [3.05, 3.63) is 35.9 Å². The summed E-state index contributed by atoms with van der Waals surface area (Å²) in [7, 11) is 0. The Morgan fingerprint density at radius 2 is 1.70 bits per heavy atom. The Morgan fingerprint density at radius 1 is 1.13 bits per heavy atom. The maximum Gasteiger partial charge on any atom is 0.306 e. The number of nitrogens with zero attached hydrogens (tertiary/aromatic N) is 1. The van der Waals surface area contributed by atoms with Gasteiger partial charge < -0.3 is 10.0 Å². The summed E-state index contributed by atoms with van der Waals surface area (Å²) < 4.78 is 0. The molecule has 1 saturated carbocycles. The Balaban J connectivity index is 2.04. The van der Waals surface area contributed by atoms with Gasteiger partial charge in [0.1, 0.15) is 0 Å². The number of carbonyl (C=O) groups is 2. The molecule has 0 aromatic heterocycles. The number of rotatable bonds is 6. The van der Waals surface area contributed by atoms with Crippen molar-refractivity contribution in [3.63, 3.8) is 0 Å². The normalized spacial score (nSPS) is 22.3. The Labute approximate surface area is 138 Å². The highest BCUT2D eigenvalue weighted by Gasteiger charge is 2.33. The average Bonchev–Trinajstić information content (AvgIpc) is 2.59. The third-order valence-electron chi connectivity index (χ3n) is 5.03. The van der Waals surface area contributed by atoms with Crippen molar-refractivity contribution in [2.24, 2.45) is 11.8 Å². The Morgan fingerprint density at radius 3 is 2.22 bits per heavy atom. The van der Waals surface area contributed by atoms with Gasteiger partial charge in [-0.1, -0.05) is 37.3 Å². The minimum absolute atomic E-state index is 0.0247. The number of carboxylic acids is 1. The molecule has 23 heavy (non-hydrogen) atoms. The number of benzene rings is 1. The number of hydrogen-bond donors (Lipinski definition) is 1. The maximum absolute atomic E-state index is 13.0. The zero-order valence-corrected chi connectivity index (χ0v) is 14.1. The van der Waals surface area contributed by atoms with Gasteiger partial charge in [-0.15, -0.1) is 0 Å². The Hall–Kier alpha value is -1.84. The van der Waals surface area contributed by atoms with Crippen LogP contribution in [0.3, 0.4) is 0 Å². The minimum atomic E-state index is -0.723. The van der Waals surface area contributed by atoms with Crippen molar-refractivity contribution in [2.45, 2.75) is 58.5 Å². The lowest BCUT2D eigenvalue weighted by atomic mass is 9.81. The Bertz CT molecular complexity index is 521. The van der Waals surface area contributed by atoms with Crippen LogP contribution in [-0.4, -0.2) is 27.9 Å². The quantitative estimate of drug-likeness (QED) is 0.870. The van der Waals surface area contributed by atoms with E-state index < -0.39 is 5.97 Å². The molecule has 1 N–H and O–H groups in total. The number of carbonyl (C=O) groups excluding carboxylic acids is 1. The second-order valence-corrected chi connectivity index (χ2v) is 6.60. The standard InChI is InChI=1S/C19H27NO3/c1-3-14(2)20(13-15-7-5-4-6-8-15)18(21)16-9-11-17(12-10-16)19(22)23/h4-8,14,16-17H,3,9-13H2,1-2H3,(H,22,23). The molecular formula is C19H27NO3. The fourth-order valence-corrected chi connectivity index (χ4v) is 3.27. The van der Waals surface area contributed by atoms with Gasteiger partial charge in [0.2, 0.25) is 5.91 Å². The van der Waals surface area contributed by atoms with E-state index in [-0.39, 0.29) is 23.8 Å². The lowest BCUT2D eigenvalue weighted by Crippen LogP contribution is -2.42. The van der Waals surface area contributed by atoms with Gasteiger partial charge in [0.15, 0.2) is 0 Å². The smallest absolute Gasteiger partial charge is 0.306 e. The summed E-state index contributed by atoms with van der Waals surface area (Å²) in [4.78, 5) is 26.0. The van der Waals surface area contributed by atoms with Gasteiger partial charge >= 0.3 is 5.97 Å². The number of amides is 1. The SMILES string of the molecule is CCC(C)N(Cc1ccccc1)C(=O)C1CCC(C(=O)O)CC1. The molecule has 1 aliphatic carbocycles. The van der Waals surface area contributed by atoms with Crippen LogP contribution in [0.2, 0.25) is 0 Å². The first-order chi connectivity index (χ1) is 11.0. The molecule has 1 aliphatic rings. The van der Waals surface area contributed by atoms with Crippen molar-refractivity contribution < 1.29 is 14.7 Å². The number of aliphatic carboxylic acids is 1. The van der Waals surface area contributed by atoms with Gasteiger partial charge in [-0.25, -0.2) is 0 Å². The van der Waals surface area contributed by atoms with Crippen molar-refractivity contribution in [1.82, 2.24) is 4.90 Å². The van der Waals surface area contributed by atoms with Crippen LogP contribution in [0.5, 0.6) is 0 Å². The van der Waals surface area contributed by atoms with Crippen LogP contribution >= 0.6 is 0 Å². The van der Waals surface area contributed by atoms with Crippen molar-refractivity contribution in [2.75, 3.05) is 0 Å². The molecule has 1 aromatic rings. The third-order valence-corrected chi connectivity index (χ3v) is 5.03. The molecule has 0 saturated heterocycles. The molecule has 1 aromatic carbocycles. The summed E-state index contributed by atoms with van der Waals surface area (Å²) in [6.45, 7) is 4.81. The van der Waals surface area contributed by atoms with E-state index in [9.17, 15) is 9.59 Å². The first-order valence-electron chi connectivity index (χ1n) is 8.60. The molecule has 0 heterocycles. The monoisotopic (exact) mass is 317 g/mol. The van der Waals surface area contributed by atoms with Crippen LogP contribution in [-0.2, 0) is 16.1 Å². The van der Waals surface area contributed by atoms with Gasteiger partial charge in [0, 0.05) is 18.5 Å². The van der Waals surface area contributed by atoms with Crippen molar-refractivity contribution in [3.8, 4) is 0 Å². The summed E-state index contributed by atoms with van der Waals surface area (Å²) in [6.07, 6.45) is 3.54. The molecule has 0 spiro atoms. The van der Waals surface area contributed by atoms with Gasteiger partial charge in [0.05, 0.1) is 5.92 Å². The highest BCUT2D eigenvalue weighted by molar-refractivity contribution is 5.79. The zero-order valence-electron chi connectivity index (χ0n) is 14.1. The summed E-state index contributed by atoms with van der Waals surface area (Å²) in [6, 6.07) is 10.2. The van der Waals surface area contributed by atoms with Crippen LogP contribution < -0.4 is 0 Å². The highest BCUT2D eigenvalue weighted by Crippen LogP contribution is 2.31. The predicted molar refractivity (Wildman–Crippen MR) is 89.8 cm³/mol. The Kier molecular flexibility index (Phi) is 6.20. The van der Waals surface area contributed by atoms with E-state index in [1.165, 1.54) is 0 Å². The minimum Gasteiger partial charge on any atom is -0.481 e. The van der Waals surface area contributed by atoms with Gasteiger partial charge in [-0.2, -0.15) is 0 Å². The maximum atomic E-state index is 13.0. The van der Waals surface area contributed by atoms with E-state index >= 15 is 0 Å². The predicted octanol–water partition coefficient (Wildman–Crippen LogP) is 3.70. The molecule has 1 fully saturated rings. The molecule has 0 aliphatic heterocycles. The molecular weight excluding hydrogens is 290 g/mol. The van der Waals surface area contributed by atoms with Gasteiger partial charge in [-0.05, 0) is 44.6 Å². The molecule has 4 nitrogen and oxygen atoms in total. The topological polar surface area (TPSA) is 57.6 Å². The second-order valence-electron chi connectivity index (χ2n) is 6.60. The van der Waals surface area contributed by atoms with Crippen LogP contribution in [0.25, 0.3) is 0 Å². The van der Waals surface area contributed by atoms with Crippen LogP contribution in [0.1, 0.15) is 51.5 Å². The summed E-state index contributed by atoms with van der Waals surface area (Å²) in [5, 5.41) is 9.10.